The third-order valence-corrected chi connectivity index (χ3v) is 4.28. The molecule has 1 aromatic carbocycles. The van der Waals surface area contributed by atoms with Gasteiger partial charge in [-0.05, 0) is 31.0 Å². The lowest BCUT2D eigenvalue weighted by molar-refractivity contribution is 0.502. The van der Waals surface area contributed by atoms with Crippen LogP contribution in [-0.2, 0) is 0 Å². The molecule has 84 valence electrons. The van der Waals surface area contributed by atoms with Crippen molar-refractivity contribution >= 4 is 21.6 Å². The number of fused-ring (bicyclic) bond motifs is 1. The van der Waals surface area contributed by atoms with Gasteiger partial charge in [0, 0.05) is 6.07 Å². The summed E-state index contributed by atoms with van der Waals surface area (Å²) in [5.74, 6) is 0.405. The highest BCUT2D eigenvalue weighted by molar-refractivity contribution is 7.18. The number of nitrogens with one attached hydrogen (secondary N) is 1. The van der Waals surface area contributed by atoms with Crippen molar-refractivity contribution in [3.63, 3.8) is 0 Å². The number of benzene rings is 1. The lowest BCUT2D eigenvalue weighted by atomic mass is 10.0. The van der Waals surface area contributed by atoms with Crippen LogP contribution in [0.15, 0.2) is 18.2 Å². The Hall–Kier alpha value is -1.00. The lowest BCUT2D eigenvalue weighted by Crippen LogP contribution is -2.15. The van der Waals surface area contributed by atoms with Gasteiger partial charge in [0.05, 0.1) is 16.3 Å². The van der Waals surface area contributed by atoms with Gasteiger partial charge in [0.15, 0.2) is 0 Å². The van der Waals surface area contributed by atoms with Gasteiger partial charge in [-0.3, -0.25) is 0 Å². The summed E-state index contributed by atoms with van der Waals surface area (Å²) in [6.07, 6.45) is 1.19. The molecule has 2 atom stereocenters. The van der Waals surface area contributed by atoms with Crippen molar-refractivity contribution in [2.45, 2.75) is 19.4 Å². The average Bonchev–Trinajstić information content (AvgIpc) is 2.82. The second kappa shape index (κ2) is 3.79. The first kappa shape index (κ1) is 10.2. The van der Waals surface area contributed by atoms with Gasteiger partial charge in [0.1, 0.15) is 10.8 Å². The van der Waals surface area contributed by atoms with Gasteiger partial charge >= 0.3 is 0 Å². The van der Waals surface area contributed by atoms with Crippen molar-refractivity contribution in [1.29, 1.82) is 0 Å². The third-order valence-electron chi connectivity index (χ3n) is 3.17. The van der Waals surface area contributed by atoms with Gasteiger partial charge in [-0.25, -0.2) is 9.37 Å². The molecule has 3 rings (SSSR count). The number of halogens is 1. The van der Waals surface area contributed by atoms with Gasteiger partial charge in [-0.2, -0.15) is 0 Å². The Kier molecular flexibility index (Phi) is 2.41. The summed E-state index contributed by atoms with van der Waals surface area (Å²) in [7, 11) is 0. The number of aromatic nitrogens is 1. The standard InChI is InChI=1S/C12H13FN2S/c1-7-4-5-14-11(7)12-15-9-6-8(13)2-3-10(9)16-12/h2-3,6-7,11,14H,4-5H2,1H3. The Bertz CT molecular complexity index is 523. The highest BCUT2D eigenvalue weighted by atomic mass is 32.1. The monoisotopic (exact) mass is 236 g/mol. The van der Waals surface area contributed by atoms with Crippen molar-refractivity contribution in [2.24, 2.45) is 5.92 Å². The Morgan fingerprint density at radius 2 is 2.38 bits per heavy atom. The first-order valence-electron chi connectivity index (χ1n) is 5.53. The van der Waals surface area contributed by atoms with E-state index in [1.807, 2.05) is 6.07 Å². The molecule has 0 amide bonds. The number of nitrogens with zero attached hydrogens (tertiary/aromatic N) is 1. The molecule has 1 fully saturated rings. The Labute approximate surface area is 97.5 Å². The van der Waals surface area contributed by atoms with Crippen molar-refractivity contribution in [2.75, 3.05) is 6.54 Å². The van der Waals surface area contributed by atoms with Gasteiger partial charge in [-0.15, -0.1) is 11.3 Å². The van der Waals surface area contributed by atoms with Gasteiger partial charge in [0.2, 0.25) is 0 Å². The maximum absolute atomic E-state index is 13.0. The minimum Gasteiger partial charge on any atom is -0.308 e. The van der Waals surface area contributed by atoms with Crippen LogP contribution in [0.5, 0.6) is 0 Å². The van der Waals surface area contributed by atoms with E-state index in [9.17, 15) is 4.39 Å². The van der Waals surface area contributed by atoms with E-state index in [2.05, 4.69) is 17.2 Å². The van der Waals surface area contributed by atoms with E-state index < -0.39 is 0 Å². The molecule has 1 aromatic heterocycles. The molecule has 16 heavy (non-hydrogen) atoms. The molecule has 0 radical (unpaired) electrons. The molecule has 1 N–H and O–H groups in total. The smallest absolute Gasteiger partial charge is 0.125 e. The van der Waals surface area contributed by atoms with Crippen molar-refractivity contribution < 1.29 is 4.39 Å². The van der Waals surface area contributed by atoms with Crippen LogP contribution in [0.1, 0.15) is 24.4 Å². The molecule has 1 aliphatic rings. The summed E-state index contributed by atoms with van der Waals surface area (Å²) in [5, 5.41) is 4.54. The van der Waals surface area contributed by atoms with E-state index in [4.69, 9.17) is 0 Å². The van der Waals surface area contributed by atoms with E-state index in [0.29, 0.717) is 12.0 Å². The largest absolute Gasteiger partial charge is 0.308 e. The SMILES string of the molecule is CC1CCNC1c1nc2cc(F)ccc2s1. The molecule has 0 bridgehead atoms. The van der Waals surface area contributed by atoms with Crippen LogP contribution in [0.3, 0.4) is 0 Å². The van der Waals surface area contributed by atoms with Crippen LogP contribution in [0.4, 0.5) is 4.39 Å². The summed E-state index contributed by atoms with van der Waals surface area (Å²) >= 11 is 1.67. The zero-order chi connectivity index (χ0) is 11.1. The van der Waals surface area contributed by atoms with Crippen LogP contribution >= 0.6 is 11.3 Å². The fraction of sp³-hybridized carbons (Fsp3) is 0.417. The molecule has 0 spiro atoms. The maximum Gasteiger partial charge on any atom is 0.125 e. The summed E-state index contributed by atoms with van der Waals surface area (Å²) < 4.78 is 14.1. The number of rotatable bonds is 1. The van der Waals surface area contributed by atoms with Crippen molar-refractivity contribution in [1.82, 2.24) is 10.3 Å². The van der Waals surface area contributed by atoms with Crippen LogP contribution in [0.25, 0.3) is 10.2 Å². The summed E-state index contributed by atoms with van der Waals surface area (Å²) in [5.41, 5.74) is 0.779. The highest BCUT2D eigenvalue weighted by Crippen LogP contribution is 2.34. The van der Waals surface area contributed by atoms with E-state index in [0.717, 1.165) is 21.8 Å². The minimum atomic E-state index is -0.211. The zero-order valence-corrected chi connectivity index (χ0v) is 9.85. The van der Waals surface area contributed by atoms with Gasteiger partial charge in [-0.1, -0.05) is 6.92 Å². The second-order valence-electron chi connectivity index (χ2n) is 4.36. The molecule has 4 heteroatoms. The zero-order valence-electron chi connectivity index (χ0n) is 9.03. The fourth-order valence-corrected chi connectivity index (χ4v) is 3.37. The topological polar surface area (TPSA) is 24.9 Å². The Morgan fingerprint density at radius 1 is 1.50 bits per heavy atom. The fourth-order valence-electron chi connectivity index (χ4n) is 2.22. The molecule has 2 unspecified atom stereocenters. The molecule has 0 aliphatic carbocycles. The Balaban J connectivity index is 2.04. The average molecular weight is 236 g/mol. The van der Waals surface area contributed by atoms with E-state index in [-0.39, 0.29) is 5.82 Å². The van der Waals surface area contributed by atoms with Gasteiger partial charge in [0.25, 0.3) is 0 Å². The first-order chi connectivity index (χ1) is 7.74. The quantitative estimate of drug-likeness (QED) is 0.823. The van der Waals surface area contributed by atoms with Crippen LogP contribution in [0, 0.1) is 11.7 Å². The van der Waals surface area contributed by atoms with Crippen LogP contribution < -0.4 is 5.32 Å². The third kappa shape index (κ3) is 1.62. The number of thiazole rings is 1. The van der Waals surface area contributed by atoms with E-state index >= 15 is 0 Å². The van der Waals surface area contributed by atoms with E-state index in [1.165, 1.54) is 18.6 Å². The van der Waals surface area contributed by atoms with Crippen molar-refractivity contribution in [3.8, 4) is 0 Å². The molecular weight excluding hydrogens is 223 g/mol. The molecule has 2 aromatic rings. The number of hydrogen-bond acceptors (Lipinski definition) is 3. The highest BCUT2D eigenvalue weighted by Gasteiger charge is 2.26. The lowest BCUT2D eigenvalue weighted by Gasteiger charge is -2.11. The molecule has 0 saturated carbocycles. The predicted molar refractivity (Wildman–Crippen MR) is 64.1 cm³/mol. The molecule has 2 nitrogen and oxygen atoms in total. The first-order valence-corrected chi connectivity index (χ1v) is 6.35. The van der Waals surface area contributed by atoms with E-state index in [1.54, 1.807) is 11.3 Å². The second-order valence-corrected chi connectivity index (χ2v) is 5.42. The molecular formula is C12H13FN2S. The minimum absolute atomic E-state index is 0.211. The van der Waals surface area contributed by atoms with Crippen molar-refractivity contribution in [3.05, 3.63) is 29.0 Å². The summed E-state index contributed by atoms with van der Waals surface area (Å²) in [4.78, 5) is 4.52. The Morgan fingerprint density at radius 3 is 3.12 bits per heavy atom. The summed E-state index contributed by atoms with van der Waals surface area (Å²) in [6, 6.07) is 5.16. The van der Waals surface area contributed by atoms with Crippen LogP contribution in [-0.4, -0.2) is 11.5 Å². The normalized spacial score (nSPS) is 25.4. The predicted octanol–water partition coefficient (Wildman–Crippen LogP) is 3.11. The summed E-state index contributed by atoms with van der Waals surface area (Å²) in [6.45, 7) is 3.29. The van der Waals surface area contributed by atoms with Gasteiger partial charge < -0.3 is 5.32 Å². The number of hydrogen-bond donors (Lipinski definition) is 1. The molecule has 1 saturated heterocycles. The maximum atomic E-state index is 13.0. The van der Waals surface area contributed by atoms with Crippen LogP contribution in [0.2, 0.25) is 0 Å². The molecule has 2 heterocycles. The molecule has 1 aliphatic heterocycles.